The van der Waals surface area contributed by atoms with Crippen LogP contribution in [0.3, 0.4) is 0 Å². The molecule has 0 bridgehead atoms. The van der Waals surface area contributed by atoms with Crippen LogP contribution in [-0.2, 0) is 11.2 Å². The number of aromatic nitrogens is 5. The van der Waals surface area contributed by atoms with Crippen molar-refractivity contribution < 1.29 is 4.79 Å². The first-order chi connectivity index (χ1) is 13.1. The predicted octanol–water partition coefficient (Wildman–Crippen LogP) is 3.21. The van der Waals surface area contributed by atoms with E-state index < -0.39 is 0 Å². The highest BCUT2D eigenvalue weighted by Crippen LogP contribution is 2.27. The van der Waals surface area contributed by atoms with E-state index in [2.05, 4.69) is 25.4 Å². The normalized spacial score (nSPS) is 17.3. The van der Waals surface area contributed by atoms with Crippen LogP contribution in [0.1, 0.15) is 24.0 Å². The van der Waals surface area contributed by atoms with E-state index in [4.69, 9.17) is 11.6 Å². The van der Waals surface area contributed by atoms with Gasteiger partial charge in [-0.25, -0.2) is 0 Å². The second kappa shape index (κ2) is 7.44. The number of aryl methyl sites for hydroxylation is 1. The quantitative estimate of drug-likeness (QED) is 0.748. The summed E-state index contributed by atoms with van der Waals surface area (Å²) in [5, 5.41) is 15.6. The number of anilines is 1. The van der Waals surface area contributed by atoms with Crippen LogP contribution in [0.25, 0.3) is 11.4 Å². The smallest absolute Gasteiger partial charge is 0.251 e. The van der Waals surface area contributed by atoms with Gasteiger partial charge in [0.15, 0.2) is 5.82 Å². The van der Waals surface area contributed by atoms with Crippen LogP contribution in [0.2, 0.25) is 5.02 Å². The number of aromatic amines is 1. The summed E-state index contributed by atoms with van der Waals surface area (Å²) in [6.45, 7) is 2.56. The number of nitrogens with one attached hydrogen (secondary N) is 1. The number of amides is 1. The summed E-state index contributed by atoms with van der Waals surface area (Å²) >= 11 is 5.95. The highest BCUT2D eigenvalue weighted by atomic mass is 35.5. The topological polar surface area (TPSA) is 87.7 Å². The summed E-state index contributed by atoms with van der Waals surface area (Å²) in [4.78, 5) is 19.2. The zero-order valence-electron chi connectivity index (χ0n) is 14.9. The third-order valence-corrected chi connectivity index (χ3v) is 5.10. The minimum Gasteiger partial charge on any atom is -0.279 e. The number of nitrogens with zero attached hydrogens (tertiary/aromatic N) is 5. The van der Waals surface area contributed by atoms with Crippen molar-refractivity contribution in [2.45, 2.75) is 26.2 Å². The highest BCUT2D eigenvalue weighted by Gasteiger charge is 2.32. The second-order valence-corrected chi connectivity index (χ2v) is 7.17. The number of carbonyl (C=O) groups excluding carboxylic acids is 1. The van der Waals surface area contributed by atoms with Gasteiger partial charge in [-0.2, -0.15) is 15.2 Å². The Morgan fingerprint density at radius 2 is 2.00 bits per heavy atom. The summed E-state index contributed by atoms with van der Waals surface area (Å²) in [5.41, 5.74) is 2.87. The molecule has 1 N–H and O–H groups in total. The monoisotopic (exact) mass is 382 g/mol. The number of hydrogen-bond donors (Lipinski definition) is 1. The summed E-state index contributed by atoms with van der Waals surface area (Å²) in [7, 11) is 0. The SMILES string of the molecule is Cc1cnncc1-c1nc(N2CCCC(Cc3ccc(Cl)cc3)C2=O)n[nH]1. The van der Waals surface area contributed by atoms with Crippen molar-refractivity contribution >= 4 is 23.5 Å². The van der Waals surface area contributed by atoms with E-state index in [0.717, 1.165) is 29.5 Å². The van der Waals surface area contributed by atoms with Gasteiger partial charge in [0, 0.05) is 23.0 Å². The van der Waals surface area contributed by atoms with Gasteiger partial charge in [0.05, 0.1) is 12.4 Å². The van der Waals surface area contributed by atoms with Crippen molar-refractivity contribution in [1.29, 1.82) is 0 Å². The Bertz CT molecular complexity index is 955. The number of rotatable bonds is 4. The first-order valence-electron chi connectivity index (χ1n) is 8.87. The zero-order chi connectivity index (χ0) is 18.8. The van der Waals surface area contributed by atoms with Crippen molar-refractivity contribution in [3.8, 4) is 11.4 Å². The lowest BCUT2D eigenvalue weighted by molar-refractivity contribution is -0.123. The molecule has 3 heterocycles. The Morgan fingerprint density at radius 1 is 1.22 bits per heavy atom. The molecule has 1 unspecified atom stereocenters. The molecular formula is C19H19ClN6O. The van der Waals surface area contributed by atoms with Gasteiger partial charge >= 0.3 is 0 Å². The van der Waals surface area contributed by atoms with Gasteiger partial charge in [0.25, 0.3) is 5.95 Å². The van der Waals surface area contributed by atoms with Gasteiger partial charge in [0.1, 0.15) is 0 Å². The Labute approximate surface area is 161 Å². The average molecular weight is 383 g/mol. The fourth-order valence-electron chi connectivity index (χ4n) is 3.37. The van der Waals surface area contributed by atoms with Gasteiger partial charge in [-0.15, -0.1) is 5.10 Å². The maximum Gasteiger partial charge on any atom is 0.251 e. The van der Waals surface area contributed by atoms with Crippen molar-refractivity contribution in [3.63, 3.8) is 0 Å². The third-order valence-electron chi connectivity index (χ3n) is 4.84. The van der Waals surface area contributed by atoms with Gasteiger partial charge in [0.2, 0.25) is 5.91 Å². The van der Waals surface area contributed by atoms with Crippen LogP contribution in [0.5, 0.6) is 0 Å². The minimum absolute atomic E-state index is 0.0614. The predicted molar refractivity (Wildman–Crippen MR) is 102 cm³/mol. The molecule has 0 aliphatic carbocycles. The number of carbonyl (C=O) groups is 1. The molecule has 138 valence electrons. The van der Waals surface area contributed by atoms with E-state index in [0.29, 0.717) is 29.8 Å². The lowest BCUT2D eigenvalue weighted by atomic mass is 9.90. The molecule has 27 heavy (non-hydrogen) atoms. The lowest BCUT2D eigenvalue weighted by Crippen LogP contribution is -2.42. The Morgan fingerprint density at radius 3 is 2.78 bits per heavy atom. The molecule has 1 saturated heterocycles. The molecule has 1 fully saturated rings. The molecular weight excluding hydrogens is 364 g/mol. The molecule has 3 aromatic rings. The van der Waals surface area contributed by atoms with E-state index in [9.17, 15) is 4.79 Å². The number of benzene rings is 1. The van der Waals surface area contributed by atoms with E-state index in [-0.39, 0.29) is 11.8 Å². The molecule has 2 aromatic heterocycles. The largest absolute Gasteiger partial charge is 0.279 e. The molecule has 0 radical (unpaired) electrons. The summed E-state index contributed by atoms with van der Waals surface area (Å²) < 4.78 is 0. The zero-order valence-corrected chi connectivity index (χ0v) is 15.6. The summed E-state index contributed by atoms with van der Waals surface area (Å²) in [6, 6.07) is 7.65. The van der Waals surface area contributed by atoms with Crippen LogP contribution in [0.4, 0.5) is 5.95 Å². The Kier molecular flexibility index (Phi) is 4.85. The molecule has 7 nitrogen and oxygen atoms in total. The van der Waals surface area contributed by atoms with E-state index >= 15 is 0 Å². The van der Waals surface area contributed by atoms with E-state index in [1.807, 2.05) is 31.2 Å². The second-order valence-electron chi connectivity index (χ2n) is 6.73. The maximum absolute atomic E-state index is 13.0. The summed E-state index contributed by atoms with van der Waals surface area (Å²) in [6.07, 6.45) is 5.79. The minimum atomic E-state index is -0.0776. The molecule has 1 atom stereocenters. The van der Waals surface area contributed by atoms with Gasteiger partial charge in [-0.1, -0.05) is 23.7 Å². The number of hydrogen-bond acceptors (Lipinski definition) is 5. The molecule has 1 aromatic carbocycles. The van der Waals surface area contributed by atoms with Crippen LogP contribution >= 0.6 is 11.6 Å². The number of halogens is 1. The first-order valence-corrected chi connectivity index (χ1v) is 9.25. The lowest BCUT2D eigenvalue weighted by Gasteiger charge is -2.30. The average Bonchev–Trinajstić information content (AvgIpc) is 3.15. The third kappa shape index (κ3) is 3.68. The molecule has 0 saturated carbocycles. The van der Waals surface area contributed by atoms with Crippen molar-refractivity contribution in [3.05, 3.63) is 52.8 Å². The fourth-order valence-corrected chi connectivity index (χ4v) is 3.49. The molecule has 8 heteroatoms. The van der Waals surface area contributed by atoms with Crippen molar-refractivity contribution in [2.75, 3.05) is 11.4 Å². The van der Waals surface area contributed by atoms with Gasteiger partial charge < -0.3 is 0 Å². The van der Waals surface area contributed by atoms with Gasteiger partial charge in [-0.05, 0) is 49.4 Å². The standard InChI is InChI=1S/C19H19ClN6O/c1-12-10-21-22-11-16(12)17-23-19(25-24-17)26-8-2-3-14(18(26)27)9-13-4-6-15(20)7-5-13/h4-7,10-11,14H,2-3,8-9H2,1H3,(H,23,24,25). The molecule has 1 amide bonds. The molecule has 1 aliphatic heterocycles. The van der Waals surface area contributed by atoms with Crippen LogP contribution in [0, 0.1) is 12.8 Å². The van der Waals surface area contributed by atoms with Gasteiger partial charge in [-0.3, -0.25) is 14.8 Å². The molecule has 4 rings (SSSR count). The molecule has 0 spiro atoms. The number of piperidine rings is 1. The molecule has 1 aliphatic rings. The summed E-state index contributed by atoms with van der Waals surface area (Å²) in [5.74, 6) is 0.981. The van der Waals surface area contributed by atoms with Crippen molar-refractivity contribution in [1.82, 2.24) is 25.4 Å². The maximum atomic E-state index is 13.0. The van der Waals surface area contributed by atoms with E-state index in [1.54, 1.807) is 17.3 Å². The van der Waals surface area contributed by atoms with Crippen molar-refractivity contribution in [2.24, 2.45) is 5.92 Å². The first kappa shape index (κ1) is 17.6. The number of H-pyrrole nitrogens is 1. The Balaban J connectivity index is 1.53. The van der Waals surface area contributed by atoms with Crippen LogP contribution in [-0.4, -0.2) is 37.8 Å². The Hall–Kier alpha value is -2.80. The fraction of sp³-hybridized carbons (Fsp3) is 0.316. The van der Waals surface area contributed by atoms with Crippen LogP contribution in [0.15, 0.2) is 36.7 Å². The van der Waals surface area contributed by atoms with E-state index in [1.165, 1.54) is 0 Å². The van der Waals surface area contributed by atoms with Crippen LogP contribution < -0.4 is 4.90 Å². The highest BCUT2D eigenvalue weighted by molar-refractivity contribution is 6.30.